The molecule has 29 heavy (non-hydrogen) atoms. The van der Waals surface area contributed by atoms with Crippen LogP contribution in [-0.4, -0.2) is 31.1 Å². The molecule has 1 aliphatic rings. The van der Waals surface area contributed by atoms with Crippen LogP contribution in [0.3, 0.4) is 0 Å². The first-order chi connectivity index (χ1) is 14.1. The molecule has 156 valence electrons. The monoisotopic (exact) mass is 401 g/mol. The van der Waals surface area contributed by atoms with E-state index in [2.05, 4.69) is 31.6 Å². The van der Waals surface area contributed by atoms with Gasteiger partial charge in [0.05, 0.1) is 6.04 Å². The van der Waals surface area contributed by atoms with E-state index in [0.717, 1.165) is 30.5 Å². The Labute approximate surface area is 171 Å². The van der Waals surface area contributed by atoms with Crippen molar-refractivity contribution in [2.75, 3.05) is 25.0 Å². The maximum absolute atomic E-state index is 13.5. The molecule has 0 spiro atoms. The second-order valence-corrected chi connectivity index (χ2v) is 7.39. The number of rotatable bonds is 5. The van der Waals surface area contributed by atoms with E-state index in [1.807, 2.05) is 19.2 Å². The lowest BCUT2D eigenvalue weighted by Crippen LogP contribution is -2.38. The highest BCUT2D eigenvalue weighted by molar-refractivity contribution is 5.80. The molecule has 1 aliphatic heterocycles. The van der Waals surface area contributed by atoms with Gasteiger partial charge in [0.1, 0.15) is 5.82 Å². The average Bonchev–Trinajstić information content (AvgIpc) is 3.02. The Kier molecular flexibility index (Phi) is 7.38. The van der Waals surface area contributed by atoms with Crippen molar-refractivity contribution in [3.63, 3.8) is 0 Å². The zero-order valence-electron chi connectivity index (χ0n) is 17.1. The third-order valence-corrected chi connectivity index (χ3v) is 5.22. The first-order valence-electron chi connectivity index (χ1n) is 10.2. The van der Waals surface area contributed by atoms with Crippen molar-refractivity contribution >= 4 is 11.8 Å². The molecule has 2 heterocycles. The molecule has 0 aliphatic carbocycles. The predicted molar refractivity (Wildman–Crippen MR) is 113 cm³/mol. The molecule has 2 aromatic rings. The zero-order chi connectivity index (χ0) is 20.6. The van der Waals surface area contributed by atoms with E-state index < -0.39 is 11.6 Å². The Hall–Kier alpha value is -2.70. The first-order valence-corrected chi connectivity index (χ1v) is 10.2. The van der Waals surface area contributed by atoms with Crippen molar-refractivity contribution in [2.45, 2.75) is 45.2 Å². The van der Waals surface area contributed by atoms with Gasteiger partial charge >= 0.3 is 0 Å². The maximum atomic E-state index is 13.5. The summed E-state index contributed by atoms with van der Waals surface area (Å²) in [6.45, 7) is 4.58. The topological polar surface area (TPSA) is 52.6 Å². The summed E-state index contributed by atoms with van der Waals surface area (Å²) in [5, 5.41) is 6.49. The van der Waals surface area contributed by atoms with Crippen LogP contribution in [0.1, 0.15) is 49.8 Å². The fraction of sp³-hybridized carbons (Fsp3) is 0.455. The van der Waals surface area contributed by atoms with E-state index in [9.17, 15) is 8.78 Å². The van der Waals surface area contributed by atoms with E-state index in [4.69, 9.17) is 0 Å². The number of nitrogens with zero attached hydrogens (tertiary/aromatic N) is 3. The molecule has 0 bridgehead atoms. The largest absolute Gasteiger partial charge is 0.357 e. The Morgan fingerprint density at radius 2 is 1.86 bits per heavy atom. The van der Waals surface area contributed by atoms with Gasteiger partial charge in [-0.3, -0.25) is 4.99 Å². The fourth-order valence-electron chi connectivity index (χ4n) is 3.49. The van der Waals surface area contributed by atoms with Crippen molar-refractivity contribution < 1.29 is 8.78 Å². The molecule has 0 saturated carbocycles. The molecule has 5 nitrogen and oxygen atoms in total. The van der Waals surface area contributed by atoms with Gasteiger partial charge in [-0.25, -0.2) is 13.8 Å². The molecule has 0 amide bonds. The van der Waals surface area contributed by atoms with Crippen LogP contribution in [-0.2, 0) is 6.54 Å². The third-order valence-electron chi connectivity index (χ3n) is 5.22. The average molecular weight is 402 g/mol. The standard InChI is InChI=1S/C22H29F2N5/c1-16(18-7-8-19(23)20(24)14-18)28-22(25-2)27-15-17-9-10-26-21(13-17)29-11-5-3-4-6-12-29/h7-10,13-14,16H,3-6,11-12,15H2,1-2H3,(H2,25,27,28). The van der Waals surface area contributed by atoms with Gasteiger partial charge in [-0.15, -0.1) is 0 Å². The Morgan fingerprint density at radius 1 is 1.10 bits per heavy atom. The second kappa shape index (κ2) is 10.2. The molecule has 1 atom stereocenters. The van der Waals surface area contributed by atoms with Crippen molar-refractivity contribution in [2.24, 2.45) is 4.99 Å². The molecule has 1 aromatic heterocycles. The van der Waals surface area contributed by atoms with Gasteiger partial charge in [-0.1, -0.05) is 18.9 Å². The number of anilines is 1. The van der Waals surface area contributed by atoms with Crippen LogP contribution in [0.25, 0.3) is 0 Å². The van der Waals surface area contributed by atoms with Crippen LogP contribution in [0.15, 0.2) is 41.5 Å². The lowest BCUT2D eigenvalue weighted by atomic mass is 10.1. The summed E-state index contributed by atoms with van der Waals surface area (Å²) in [5.74, 6) is -0.0852. The van der Waals surface area contributed by atoms with Gasteiger partial charge in [-0.05, 0) is 55.2 Å². The minimum absolute atomic E-state index is 0.221. The van der Waals surface area contributed by atoms with Crippen molar-refractivity contribution in [1.82, 2.24) is 15.6 Å². The van der Waals surface area contributed by atoms with Gasteiger partial charge in [-0.2, -0.15) is 0 Å². The van der Waals surface area contributed by atoms with Crippen LogP contribution < -0.4 is 15.5 Å². The summed E-state index contributed by atoms with van der Waals surface area (Å²) in [6.07, 6.45) is 6.84. The van der Waals surface area contributed by atoms with Crippen molar-refractivity contribution in [1.29, 1.82) is 0 Å². The number of nitrogens with one attached hydrogen (secondary N) is 2. The van der Waals surface area contributed by atoms with Crippen LogP contribution in [0.2, 0.25) is 0 Å². The van der Waals surface area contributed by atoms with Crippen LogP contribution in [0.4, 0.5) is 14.6 Å². The van der Waals surface area contributed by atoms with Gasteiger partial charge in [0.2, 0.25) is 0 Å². The van der Waals surface area contributed by atoms with Gasteiger partial charge < -0.3 is 15.5 Å². The van der Waals surface area contributed by atoms with Crippen LogP contribution in [0, 0.1) is 11.6 Å². The molecular weight excluding hydrogens is 372 g/mol. The van der Waals surface area contributed by atoms with E-state index in [1.54, 1.807) is 13.1 Å². The quantitative estimate of drug-likeness (QED) is 0.583. The molecule has 1 unspecified atom stereocenters. The smallest absolute Gasteiger partial charge is 0.191 e. The summed E-state index contributed by atoms with van der Waals surface area (Å²) in [4.78, 5) is 11.1. The molecule has 0 radical (unpaired) electrons. The predicted octanol–water partition coefficient (Wildman–Crippen LogP) is 4.17. The lowest BCUT2D eigenvalue weighted by molar-refractivity contribution is 0.504. The number of hydrogen-bond acceptors (Lipinski definition) is 3. The molecule has 3 rings (SSSR count). The van der Waals surface area contributed by atoms with Crippen LogP contribution >= 0.6 is 0 Å². The van der Waals surface area contributed by atoms with Gasteiger partial charge in [0.15, 0.2) is 17.6 Å². The Morgan fingerprint density at radius 3 is 2.55 bits per heavy atom. The third kappa shape index (κ3) is 5.89. The number of hydrogen-bond donors (Lipinski definition) is 2. The van der Waals surface area contributed by atoms with Gasteiger partial charge in [0, 0.05) is 32.9 Å². The zero-order valence-corrected chi connectivity index (χ0v) is 17.1. The van der Waals surface area contributed by atoms with Crippen LogP contribution in [0.5, 0.6) is 0 Å². The van der Waals surface area contributed by atoms with Gasteiger partial charge in [0.25, 0.3) is 0 Å². The SMILES string of the molecule is CN=C(NCc1ccnc(N2CCCCCC2)c1)NC(C)c1ccc(F)c(F)c1. The molecule has 7 heteroatoms. The Bertz CT molecular complexity index is 832. The van der Waals surface area contributed by atoms with E-state index in [1.165, 1.54) is 31.7 Å². The van der Waals surface area contributed by atoms with E-state index >= 15 is 0 Å². The first kappa shape index (κ1) is 21.0. The number of guanidine groups is 1. The second-order valence-electron chi connectivity index (χ2n) is 7.39. The fourth-order valence-corrected chi connectivity index (χ4v) is 3.49. The lowest BCUT2D eigenvalue weighted by Gasteiger charge is -2.22. The molecule has 2 N–H and O–H groups in total. The Balaban J connectivity index is 1.59. The molecule has 1 aromatic carbocycles. The summed E-state index contributed by atoms with van der Waals surface area (Å²) in [5.41, 5.74) is 1.77. The highest BCUT2D eigenvalue weighted by Gasteiger charge is 2.13. The van der Waals surface area contributed by atoms with E-state index in [-0.39, 0.29) is 6.04 Å². The van der Waals surface area contributed by atoms with Crippen molar-refractivity contribution in [3.05, 3.63) is 59.3 Å². The van der Waals surface area contributed by atoms with E-state index in [0.29, 0.717) is 18.1 Å². The van der Waals surface area contributed by atoms with Crippen molar-refractivity contribution in [3.8, 4) is 0 Å². The summed E-state index contributed by atoms with van der Waals surface area (Å²) in [7, 11) is 1.68. The summed E-state index contributed by atoms with van der Waals surface area (Å²) >= 11 is 0. The normalized spacial score (nSPS) is 16.3. The molecular formula is C22H29F2N5. The number of benzene rings is 1. The number of halogens is 2. The number of aromatic nitrogens is 1. The number of aliphatic imine (C=N–C) groups is 1. The maximum Gasteiger partial charge on any atom is 0.191 e. The molecule has 1 fully saturated rings. The highest BCUT2D eigenvalue weighted by Crippen LogP contribution is 2.18. The number of pyridine rings is 1. The summed E-state index contributed by atoms with van der Waals surface area (Å²) in [6, 6.07) is 7.79. The minimum atomic E-state index is -0.850. The highest BCUT2D eigenvalue weighted by atomic mass is 19.2. The molecule has 1 saturated heterocycles. The summed E-state index contributed by atoms with van der Waals surface area (Å²) < 4.78 is 26.6. The minimum Gasteiger partial charge on any atom is -0.357 e.